The van der Waals surface area contributed by atoms with Gasteiger partial charge in [-0.25, -0.2) is 0 Å². The second-order valence-corrected chi connectivity index (χ2v) is 7.89. The molecule has 1 heteroatoms. The normalized spacial score (nSPS) is 25.2. The molecule has 1 fully saturated rings. The van der Waals surface area contributed by atoms with E-state index in [1.807, 2.05) is 0 Å². The minimum atomic E-state index is 0.624. The Morgan fingerprint density at radius 3 is 2.45 bits per heavy atom. The van der Waals surface area contributed by atoms with Crippen molar-refractivity contribution in [1.82, 2.24) is 5.32 Å². The summed E-state index contributed by atoms with van der Waals surface area (Å²) >= 11 is 0. The molecule has 1 nitrogen and oxygen atoms in total. The van der Waals surface area contributed by atoms with Gasteiger partial charge in [-0.3, -0.25) is 0 Å². The van der Waals surface area contributed by atoms with Crippen LogP contribution < -0.4 is 5.32 Å². The van der Waals surface area contributed by atoms with E-state index in [2.05, 4.69) is 64.2 Å². The maximum atomic E-state index is 3.80. The summed E-state index contributed by atoms with van der Waals surface area (Å²) in [7, 11) is 0. The average molecular weight is 302 g/mol. The second-order valence-electron chi connectivity index (χ2n) is 7.89. The first-order chi connectivity index (χ1) is 10.5. The number of nitrogens with one attached hydrogen (secondary N) is 1. The first-order valence-corrected chi connectivity index (χ1v) is 9.33. The van der Waals surface area contributed by atoms with Crippen molar-refractivity contribution in [2.45, 2.75) is 90.6 Å². The van der Waals surface area contributed by atoms with Crippen LogP contribution >= 0.6 is 0 Å². The largest absolute Gasteiger partial charge is 0.311 e. The van der Waals surface area contributed by atoms with E-state index in [9.17, 15) is 0 Å². The highest BCUT2D eigenvalue weighted by Gasteiger charge is 2.23. The molecule has 4 atom stereocenters. The average Bonchev–Trinajstić information content (AvgIpc) is 2.52. The van der Waals surface area contributed by atoms with Crippen LogP contribution in [0.1, 0.15) is 89.7 Å². The van der Waals surface area contributed by atoms with Gasteiger partial charge in [0.1, 0.15) is 0 Å². The Morgan fingerprint density at radius 1 is 1.05 bits per heavy atom. The molecule has 0 saturated carbocycles. The molecule has 124 valence electrons. The van der Waals surface area contributed by atoms with Gasteiger partial charge in [-0.2, -0.15) is 0 Å². The molecule has 22 heavy (non-hydrogen) atoms. The van der Waals surface area contributed by atoms with E-state index in [-0.39, 0.29) is 0 Å². The molecule has 4 unspecified atom stereocenters. The van der Waals surface area contributed by atoms with Crippen LogP contribution in [0.15, 0.2) is 24.3 Å². The standard InChI is InChI=1S/C21H35N/c1-15(2)19-9-7-10-20(14-19)16(3)12-13-17(4)21-11-6-8-18(5)22-21/h7,9-10,14-18,21-22H,6,8,11-13H2,1-5H3. The summed E-state index contributed by atoms with van der Waals surface area (Å²) in [6.45, 7) is 11.7. The quantitative estimate of drug-likeness (QED) is 0.694. The van der Waals surface area contributed by atoms with Crippen LogP contribution in [-0.4, -0.2) is 12.1 Å². The second kappa shape index (κ2) is 8.15. The van der Waals surface area contributed by atoms with Crippen LogP contribution in [0.4, 0.5) is 0 Å². The smallest absolute Gasteiger partial charge is 0.00951 e. The van der Waals surface area contributed by atoms with E-state index in [0.717, 1.165) is 12.0 Å². The molecule has 1 N–H and O–H groups in total. The molecular formula is C21H35N. The molecule has 0 aliphatic carbocycles. The molecule has 0 bridgehead atoms. The van der Waals surface area contributed by atoms with Crippen LogP contribution in [0, 0.1) is 5.92 Å². The Kier molecular flexibility index (Phi) is 6.50. The van der Waals surface area contributed by atoms with Gasteiger partial charge >= 0.3 is 0 Å². The van der Waals surface area contributed by atoms with Gasteiger partial charge in [0, 0.05) is 12.1 Å². The fourth-order valence-corrected chi connectivity index (χ4v) is 3.73. The predicted octanol–water partition coefficient (Wildman–Crippen LogP) is 5.86. The van der Waals surface area contributed by atoms with E-state index < -0.39 is 0 Å². The zero-order valence-corrected chi connectivity index (χ0v) is 15.2. The first-order valence-electron chi connectivity index (χ1n) is 9.33. The molecule has 0 spiro atoms. The highest BCUT2D eigenvalue weighted by Crippen LogP contribution is 2.28. The zero-order valence-electron chi connectivity index (χ0n) is 15.2. The molecule has 1 aromatic carbocycles. The van der Waals surface area contributed by atoms with Crippen molar-refractivity contribution in [3.63, 3.8) is 0 Å². The van der Waals surface area contributed by atoms with Gasteiger partial charge < -0.3 is 5.32 Å². The molecule has 1 aliphatic rings. The van der Waals surface area contributed by atoms with E-state index in [4.69, 9.17) is 0 Å². The molecule has 2 rings (SSSR count). The summed E-state index contributed by atoms with van der Waals surface area (Å²) in [5, 5.41) is 3.80. The monoisotopic (exact) mass is 301 g/mol. The Morgan fingerprint density at radius 2 is 1.77 bits per heavy atom. The summed E-state index contributed by atoms with van der Waals surface area (Å²) < 4.78 is 0. The van der Waals surface area contributed by atoms with Gasteiger partial charge in [-0.1, -0.05) is 58.4 Å². The Balaban J connectivity index is 1.86. The number of hydrogen-bond acceptors (Lipinski definition) is 1. The molecule has 0 aromatic heterocycles. The third kappa shape index (κ3) is 4.84. The number of benzene rings is 1. The lowest BCUT2D eigenvalue weighted by Crippen LogP contribution is -2.44. The summed E-state index contributed by atoms with van der Waals surface area (Å²) in [5.74, 6) is 2.08. The number of rotatable bonds is 6. The maximum Gasteiger partial charge on any atom is 0.00951 e. The molecule has 1 aliphatic heterocycles. The Hall–Kier alpha value is -0.820. The van der Waals surface area contributed by atoms with Gasteiger partial charge in [-0.15, -0.1) is 0 Å². The highest BCUT2D eigenvalue weighted by molar-refractivity contribution is 5.28. The third-order valence-electron chi connectivity index (χ3n) is 5.54. The van der Waals surface area contributed by atoms with E-state index in [0.29, 0.717) is 17.9 Å². The summed E-state index contributed by atoms with van der Waals surface area (Å²) in [4.78, 5) is 0. The van der Waals surface area contributed by atoms with Crippen molar-refractivity contribution in [3.8, 4) is 0 Å². The van der Waals surface area contributed by atoms with Crippen molar-refractivity contribution in [3.05, 3.63) is 35.4 Å². The topological polar surface area (TPSA) is 12.0 Å². The molecule has 1 saturated heterocycles. The number of hydrogen-bond donors (Lipinski definition) is 1. The van der Waals surface area contributed by atoms with Crippen molar-refractivity contribution in [2.75, 3.05) is 0 Å². The molecule has 0 radical (unpaired) electrons. The van der Waals surface area contributed by atoms with Gasteiger partial charge in [-0.05, 0) is 61.5 Å². The van der Waals surface area contributed by atoms with Crippen molar-refractivity contribution in [1.29, 1.82) is 0 Å². The van der Waals surface area contributed by atoms with Gasteiger partial charge in [0.2, 0.25) is 0 Å². The molecule has 0 amide bonds. The van der Waals surface area contributed by atoms with Crippen molar-refractivity contribution >= 4 is 0 Å². The minimum Gasteiger partial charge on any atom is -0.311 e. The van der Waals surface area contributed by atoms with Crippen LogP contribution in [0.2, 0.25) is 0 Å². The van der Waals surface area contributed by atoms with E-state index in [1.54, 1.807) is 0 Å². The van der Waals surface area contributed by atoms with E-state index >= 15 is 0 Å². The van der Waals surface area contributed by atoms with Crippen LogP contribution in [0.3, 0.4) is 0 Å². The van der Waals surface area contributed by atoms with E-state index in [1.165, 1.54) is 43.2 Å². The third-order valence-corrected chi connectivity index (χ3v) is 5.54. The predicted molar refractivity (Wildman–Crippen MR) is 97.6 cm³/mol. The Labute approximate surface area is 137 Å². The summed E-state index contributed by atoms with van der Waals surface area (Å²) in [6, 6.07) is 10.7. The molecule has 1 aromatic rings. The van der Waals surface area contributed by atoms with Gasteiger partial charge in [0.05, 0.1) is 0 Å². The van der Waals surface area contributed by atoms with Gasteiger partial charge in [0.25, 0.3) is 0 Å². The van der Waals surface area contributed by atoms with Crippen molar-refractivity contribution in [2.24, 2.45) is 5.92 Å². The first kappa shape index (κ1) is 17.5. The van der Waals surface area contributed by atoms with Crippen LogP contribution in [0.5, 0.6) is 0 Å². The summed E-state index contributed by atoms with van der Waals surface area (Å²) in [5.41, 5.74) is 2.99. The lowest BCUT2D eigenvalue weighted by molar-refractivity contribution is 0.253. The van der Waals surface area contributed by atoms with Crippen LogP contribution in [-0.2, 0) is 0 Å². The zero-order chi connectivity index (χ0) is 16.1. The fourth-order valence-electron chi connectivity index (χ4n) is 3.73. The van der Waals surface area contributed by atoms with Crippen LogP contribution in [0.25, 0.3) is 0 Å². The SMILES string of the molecule is CC1CCCC(C(C)CCC(C)c2cccc(C(C)C)c2)N1. The Bertz CT molecular complexity index is 451. The minimum absolute atomic E-state index is 0.624. The fraction of sp³-hybridized carbons (Fsp3) is 0.714. The lowest BCUT2D eigenvalue weighted by Gasteiger charge is -2.33. The summed E-state index contributed by atoms with van der Waals surface area (Å²) in [6.07, 6.45) is 6.74. The lowest BCUT2D eigenvalue weighted by atomic mass is 9.84. The molecular weight excluding hydrogens is 266 g/mol. The highest BCUT2D eigenvalue weighted by atomic mass is 15.0. The molecule has 1 heterocycles. The number of piperidine rings is 1. The maximum absolute atomic E-state index is 3.80. The van der Waals surface area contributed by atoms with Crippen molar-refractivity contribution < 1.29 is 0 Å². The van der Waals surface area contributed by atoms with Gasteiger partial charge in [0.15, 0.2) is 0 Å².